The third-order valence-electron chi connectivity index (χ3n) is 7.21. The quantitative estimate of drug-likeness (QED) is 0.754. The van der Waals surface area contributed by atoms with Gasteiger partial charge in [0, 0.05) is 17.7 Å². The van der Waals surface area contributed by atoms with Crippen molar-refractivity contribution < 1.29 is 14.3 Å². The van der Waals surface area contributed by atoms with Gasteiger partial charge in [-0.1, -0.05) is 0 Å². The van der Waals surface area contributed by atoms with Crippen molar-refractivity contribution in [3.8, 4) is 11.5 Å². The van der Waals surface area contributed by atoms with E-state index in [9.17, 15) is 4.79 Å². The Balaban J connectivity index is 1.43. The van der Waals surface area contributed by atoms with Crippen LogP contribution in [0.25, 0.3) is 6.08 Å². The number of carbonyl (C=O) groups excluding carboxylic acids is 1. The SMILES string of the molecule is COc1ccc(OC)c(/C=C/C(=O)N[C@H](C)C23CC4CC(CC(C4)C2)C3)c1. The third-order valence-corrected chi connectivity index (χ3v) is 7.21. The average Bonchev–Trinajstić information content (AvgIpc) is 2.65. The number of benzene rings is 1. The van der Waals surface area contributed by atoms with E-state index in [1.807, 2.05) is 24.3 Å². The van der Waals surface area contributed by atoms with Gasteiger partial charge in [-0.15, -0.1) is 0 Å². The molecule has 1 aromatic rings. The fourth-order valence-corrected chi connectivity index (χ4v) is 6.26. The van der Waals surface area contributed by atoms with Gasteiger partial charge in [-0.25, -0.2) is 0 Å². The van der Waals surface area contributed by atoms with Crippen LogP contribution in [0.4, 0.5) is 0 Å². The number of hydrogen-bond acceptors (Lipinski definition) is 3. The molecule has 4 saturated carbocycles. The molecule has 4 aliphatic rings. The lowest BCUT2D eigenvalue weighted by atomic mass is 9.48. The van der Waals surface area contributed by atoms with E-state index < -0.39 is 0 Å². The van der Waals surface area contributed by atoms with Gasteiger partial charge in [-0.3, -0.25) is 4.79 Å². The summed E-state index contributed by atoms with van der Waals surface area (Å²) >= 11 is 0. The molecule has 0 radical (unpaired) electrons. The Morgan fingerprint density at radius 1 is 1.11 bits per heavy atom. The standard InChI is InChI=1S/C23H31NO3/c1-15(23-12-16-8-17(13-23)10-18(9-16)14-23)24-22(25)7-4-19-11-20(26-2)5-6-21(19)27-3/h4-7,11,15-18H,8-10,12-14H2,1-3H3,(H,24,25)/b7-4+/t15-,16?,17?,18?,23?/m1/s1. The number of carbonyl (C=O) groups is 1. The maximum absolute atomic E-state index is 12.6. The summed E-state index contributed by atoms with van der Waals surface area (Å²) in [5.41, 5.74) is 1.17. The summed E-state index contributed by atoms with van der Waals surface area (Å²) in [6.45, 7) is 2.21. The number of nitrogens with one attached hydrogen (secondary N) is 1. The number of ether oxygens (including phenoxy) is 2. The van der Waals surface area contributed by atoms with Gasteiger partial charge >= 0.3 is 0 Å². The minimum Gasteiger partial charge on any atom is -0.497 e. The molecule has 146 valence electrons. The van der Waals surface area contributed by atoms with Crippen LogP contribution < -0.4 is 14.8 Å². The summed E-state index contributed by atoms with van der Waals surface area (Å²) in [6, 6.07) is 5.82. The molecular formula is C23H31NO3. The molecular weight excluding hydrogens is 338 g/mol. The minimum absolute atomic E-state index is 0.0249. The molecule has 4 aliphatic carbocycles. The number of rotatable bonds is 6. The topological polar surface area (TPSA) is 47.6 Å². The zero-order valence-corrected chi connectivity index (χ0v) is 16.7. The number of amides is 1. The van der Waals surface area contributed by atoms with Gasteiger partial charge in [0.05, 0.1) is 14.2 Å². The van der Waals surface area contributed by atoms with Crippen molar-refractivity contribution in [1.29, 1.82) is 0 Å². The summed E-state index contributed by atoms with van der Waals surface area (Å²) in [4.78, 5) is 12.6. The van der Waals surface area contributed by atoms with Crippen LogP contribution in [0.2, 0.25) is 0 Å². The fraction of sp³-hybridized carbons (Fsp3) is 0.609. The first-order valence-corrected chi connectivity index (χ1v) is 10.2. The van der Waals surface area contributed by atoms with Crippen molar-refractivity contribution >= 4 is 12.0 Å². The van der Waals surface area contributed by atoms with Gasteiger partial charge in [0.2, 0.25) is 5.91 Å². The molecule has 1 atom stereocenters. The van der Waals surface area contributed by atoms with E-state index in [2.05, 4.69) is 12.2 Å². The Kier molecular flexibility index (Phi) is 4.92. The molecule has 0 unspecified atom stereocenters. The highest BCUT2D eigenvalue weighted by Gasteiger charge is 2.53. The molecule has 27 heavy (non-hydrogen) atoms. The molecule has 5 rings (SSSR count). The number of hydrogen-bond donors (Lipinski definition) is 1. The molecule has 4 fully saturated rings. The van der Waals surface area contributed by atoms with Gasteiger partial charge in [-0.05, 0) is 92.9 Å². The lowest BCUT2D eigenvalue weighted by molar-refractivity contribution is -0.121. The van der Waals surface area contributed by atoms with E-state index in [4.69, 9.17) is 9.47 Å². The van der Waals surface area contributed by atoms with Crippen molar-refractivity contribution in [3.63, 3.8) is 0 Å². The first-order valence-electron chi connectivity index (χ1n) is 10.2. The van der Waals surface area contributed by atoms with Crippen LogP contribution in [0.15, 0.2) is 24.3 Å². The molecule has 0 aromatic heterocycles. The molecule has 0 saturated heterocycles. The Labute approximate surface area is 162 Å². The molecule has 1 N–H and O–H groups in total. The van der Waals surface area contributed by atoms with E-state index in [1.54, 1.807) is 20.3 Å². The van der Waals surface area contributed by atoms with Crippen LogP contribution in [0.1, 0.15) is 51.0 Å². The van der Waals surface area contributed by atoms with Crippen LogP contribution in [-0.2, 0) is 4.79 Å². The lowest BCUT2D eigenvalue weighted by Gasteiger charge is -2.59. The van der Waals surface area contributed by atoms with E-state index in [0.717, 1.165) is 34.8 Å². The second-order valence-electron chi connectivity index (χ2n) is 8.95. The largest absolute Gasteiger partial charge is 0.497 e. The zero-order valence-electron chi connectivity index (χ0n) is 16.7. The molecule has 0 spiro atoms. The van der Waals surface area contributed by atoms with Crippen molar-refractivity contribution in [2.24, 2.45) is 23.2 Å². The maximum Gasteiger partial charge on any atom is 0.244 e. The molecule has 1 aromatic carbocycles. The summed E-state index contributed by atoms with van der Waals surface area (Å²) in [5.74, 6) is 4.14. The summed E-state index contributed by atoms with van der Waals surface area (Å²) in [6.07, 6.45) is 11.6. The van der Waals surface area contributed by atoms with Crippen molar-refractivity contribution in [1.82, 2.24) is 5.32 Å². The van der Waals surface area contributed by atoms with E-state index in [1.165, 1.54) is 38.5 Å². The Hall–Kier alpha value is -1.97. The minimum atomic E-state index is -0.0249. The van der Waals surface area contributed by atoms with Crippen LogP contribution in [0.5, 0.6) is 11.5 Å². The van der Waals surface area contributed by atoms with E-state index in [0.29, 0.717) is 5.41 Å². The monoisotopic (exact) mass is 369 g/mol. The van der Waals surface area contributed by atoms with Gasteiger partial charge in [0.25, 0.3) is 0 Å². The third kappa shape index (κ3) is 3.59. The first-order chi connectivity index (χ1) is 13.0. The van der Waals surface area contributed by atoms with Crippen molar-refractivity contribution in [2.75, 3.05) is 14.2 Å². The highest BCUT2D eigenvalue weighted by Crippen LogP contribution is 2.61. The van der Waals surface area contributed by atoms with E-state index in [-0.39, 0.29) is 11.9 Å². The van der Waals surface area contributed by atoms with Crippen LogP contribution in [0.3, 0.4) is 0 Å². The second kappa shape index (κ2) is 7.21. The Morgan fingerprint density at radius 3 is 2.30 bits per heavy atom. The molecule has 4 heteroatoms. The molecule has 4 bridgehead atoms. The lowest BCUT2D eigenvalue weighted by Crippen LogP contribution is -2.55. The first kappa shape index (κ1) is 18.4. The van der Waals surface area contributed by atoms with Gasteiger partial charge in [0.15, 0.2) is 0 Å². The zero-order chi connectivity index (χ0) is 19.0. The van der Waals surface area contributed by atoms with Crippen LogP contribution in [0, 0.1) is 23.2 Å². The highest BCUT2D eigenvalue weighted by molar-refractivity contribution is 5.92. The Bertz CT molecular complexity index is 704. The smallest absolute Gasteiger partial charge is 0.244 e. The predicted octanol–water partition coefficient (Wildman–Crippen LogP) is 4.44. The van der Waals surface area contributed by atoms with Gasteiger partial charge < -0.3 is 14.8 Å². The Morgan fingerprint density at radius 2 is 1.74 bits per heavy atom. The number of methoxy groups -OCH3 is 2. The molecule has 1 amide bonds. The van der Waals surface area contributed by atoms with E-state index >= 15 is 0 Å². The summed E-state index contributed by atoms with van der Waals surface area (Å²) in [7, 11) is 3.27. The summed E-state index contributed by atoms with van der Waals surface area (Å²) < 4.78 is 10.7. The normalized spacial score (nSPS) is 32.5. The molecule has 0 aliphatic heterocycles. The van der Waals surface area contributed by atoms with Crippen molar-refractivity contribution in [2.45, 2.75) is 51.5 Å². The molecule has 4 nitrogen and oxygen atoms in total. The second-order valence-corrected chi connectivity index (χ2v) is 8.95. The highest BCUT2D eigenvalue weighted by atomic mass is 16.5. The fourth-order valence-electron chi connectivity index (χ4n) is 6.26. The van der Waals surface area contributed by atoms with Gasteiger partial charge in [0.1, 0.15) is 11.5 Å². The molecule has 0 heterocycles. The van der Waals surface area contributed by atoms with Gasteiger partial charge in [-0.2, -0.15) is 0 Å². The predicted molar refractivity (Wildman–Crippen MR) is 107 cm³/mol. The van der Waals surface area contributed by atoms with Crippen LogP contribution in [-0.4, -0.2) is 26.2 Å². The maximum atomic E-state index is 12.6. The average molecular weight is 370 g/mol. The van der Waals surface area contributed by atoms with Crippen molar-refractivity contribution in [3.05, 3.63) is 29.8 Å². The summed E-state index contributed by atoms with van der Waals surface area (Å²) in [5, 5.41) is 3.28. The van der Waals surface area contributed by atoms with Crippen LogP contribution >= 0.6 is 0 Å².